The van der Waals surface area contributed by atoms with E-state index in [9.17, 15) is 0 Å². The second kappa shape index (κ2) is 7.61. The number of hydrogen-bond donors (Lipinski definition) is 1. The summed E-state index contributed by atoms with van der Waals surface area (Å²) in [5.74, 6) is 0. The zero-order valence-corrected chi connectivity index (χ0v) is 13.8. The van der Waals surface area contributed by atoms with Crippen molar-refractivity contribution in [2.24, 2.45) is 0 Å². The highest BCUT2D eigenvalue weighted by molar-refractivity contribution is 9.10. The lowest BCUT2D eigenvalue weighted by atomic mass is 9.93. The van der Waals surface area contributed by atoms with Crippen molar-refractivity contribution >= 4 is 15.9 Å². The van der Waals surface area contributed by atoms with Crippen molar-refractivity contribution in [3.8, 4) is 0 Å². The van der Waals surface area contributed by atoms with E-state index in [-0.39, 0.29) is 0 Å². The maximum absolute atomic E-state index is 3.66. The fraction of sp³-hybridized carbons (Fsp3) is 0.333. The highest BCUT2D eigenvalue weighted by Crippen LogP contribution is 2.26. The summed E-state index contributed by atoms with van der Waals surface area (Å²) >= 11 is 3.66. The van der Waals surface area contributed by atoms with Crippen LogP contribution < -0.4 is 5.32 Å². The lowest BCUT2D eigenvalue weighted by Gasteiger charge is -2.22. The molecule has 2 aromatic carbocycles. The lowest BCUT2D eigenvalue weighted by Crippen LogP contribution is -2.24. The Bertz CT molecular complexity index is 551. The minimum Gasteiger partial charge on any atom is -0.310 e. The van der Waals surface area contributed by atoms with Crippen LogP contribution in [0.3, 0.4) is 0 Å². The van der Waals surface area contributed by atoms with E-state index in [0.717, 1.165) is 19.4 Å². The van der Waals surface area contributed by atoms with E-state index in [2.05, 4.69) is 83.6 Å². The van der Waals surface area contributed by atoms with Gasteiger partial charge in [-0.05, 0) is 42.1 Å². The lowest BCUT2D eigenvalue weighted by molar-refractivity contribution is 0.545. The van der Waals surface area contributed by atoms with Crippen LogP contribution in [0.25, 0.3) is 0 Å². The Hall–Kier alpha value is -1.12. The number of likely N-dealkylation sites (N-methyl/N-ethyl adjacent to an activating group) is 1. The average molecular weight is 332 g/mol. The predicted octanol–water partition coefficient (Wildman–Crippen LogP) is 4.90. The van der Waals surface area contributed by atoms with Crippen molar-refractivity contribution in [1.82, 2.24) is 5.32 Å². The van der Waals surface area contributed by atoms with Crippen molar-refractivity contribution in [1.29, 1.82) is 0 Å². The number of nitrogens with one attached hydrogen (secondary N) is 1. The summed E-state index contributed by atoms with van der Waals surface area (Å²) < 4.78 is 1.19. The molecule has 0 saturated carbocycles. The number of hydrogen-bond acceptors (Lipinski definition) is 1. The Morgan fingerprint density at radius 1 is 0.950 bits per heavy atom. The minimum atomic E-state index is 0.370. The van der Waals surface area contributed by atoms with Crippen molar-refractivity contribution in [2.75, 3.05) is 6.54 Å². The van der Waals surface area contributed by atoms with E-state index in [0.29, 0.717) is 6.04 Å². The van der Waals surface area contributed by atoms with E-state index in [1.54, 1.807) is 0 Å². The Morgan fingerprint density at radius 3 is 2.25 bits per heavy atom. The molecule has 0 aliphatic carbocycles. The van der Waals surface area contributed by atoms with E-state index in [1.807, 2.05) is 0 Å². The van der Waals surface area contributed by atoms with E-state index in [1.165, 1.54) is 21.2 Å². The highest BCUT2D eigenvalue weighted by Gasteiger charge is 2.15. The third-order valence-corrected chi connectivity index (χ3v) is 4.42. The SMILES string of the molecule is CCNC(Cc1ccccc1Br)c1ccccc1CC. The molecule has 2 heteroatoms. The summed E-state index contributed by atoms with van der Waals surface area (Å²) in [7, 11) is 0. The van der Waals surface area contributed by atoms with E-state index in [4.69, 9.17) is 0 Å². The zero-order chi connectivity index (χ0) is 14.4. The van der Waals surface area contributed by atoms with Gasteiger partial charge in [0.15, 0.2) is 0 Å². The first-order valence-corrected chi connectivity index (χ1v) is 8.10. The Balaban J connectivity index is 2.29. The smallest absolute Gasteiger partial charge is 0.0363 e. The topological polar surface area (TPSA) is 12.0 Å². The molecule has 106 valence electrons. The molecule has 0 aliphatic heterocycles. The second-order valence-corrected chi connectivity index (χ2v) is 5.81. The molecular weight excluding hydrogens is 310 g/mol. The molecule has 1 atom stereocenters. The average Bonchev–Trinajstić information content (AvgIpc) is 2.49. The van der Waals surface area contributed by atoms with E-state index >= 15 is 0 Å². The molecule has 0 radical (unpaired) electrons. The number of rotatable bonds is 6. The van der Waals surface area contributed by atoms with Crippen LogP contribution in [0.4, 0.5) is 0 Å². The first kappa shape index (κ1) is 15.3. The van der Waals surface area contributed by atoms with Crippen LogP contribution >= 0.6 is 15.9 Å². The first-order valence-electron chi connectivity index (χ1n) is 7.30. The van der Waals surface area contributed by atoms with Gasteiger partial charge in [0.05, 0.1) is 0 Å². The number of halogens is 1. The van der Waals surface area contributed by atoms with Crippen LogP contribution in [0.15, 0.2) is 53.0 Å². The largest absolute Gasteiger partial charge is 0.310 e. The zero-order valence-electron chi connectivity index (χ0n) is 12.2. The molecule has 1 nitrogen and oxygen atoms in total. The van der Waals surface area contributed by atoms with Crippen molar-refractivity contribution in [3.63, 3.8) is 0 Å². The van der Waals surface area contributed by atoms with Crippen LogP contribution in [0, 0.1) is 0 Å². The van der Waals surface area contributed by atoms with Crippen molar-refractivity contribution in [2.45, 2.75) is 32.7 Å². The summed E-state index contributed by atoms with van der Waals surface area (Å²) in [6.45, 7) is 5.37. The molecule has 0 aliphatic rings. The summed E-state index contributed by atoms with van der Waals surface area (Å²) in [5, 5.41) is 3.63. The standard InChI is InChI=1S/C18H22BrN/c1-3-14-9-5-7-11-16(14)18(20-4-2)13-15-10-6-8-12-17(15)19/h5-12,18,20H,3-4,13H2,1-2H3. The highest BCUT2D eigenvalue weighted by atomic mass is 79.9. The Morgan fingerprint density at radius 2 is 1.60 bits per heavy atom. The number of aryl methyl sites for hydroxylation is 1. The molecular formula is C18H22BrN. The monoisotopic (exact) mass is 331 g/mol. The van der Waals surface area contributed by atoms with Gasteiger partial charge in [-0.25, -0.2) is 0 Å². The quantitative estimate of drug-likeness (QED) is 0.793. The molecule has 1 unspecified atom stereocenters. The van der Waals surface area contributed by atoms with Gasteiger partial charge in [-0.2, -0.15) is 0 Å². The van der Waals surface area contributed by atoms with Crippen molar-refractivity contribution < 1.29 is 0 Å². The summed E-state index contributed by atoms with van der Waals surface area (Å²) in [6.07, 6.45) is 2.08. The third-order valence-electron chi connectivity index (χ3n) is 3.64. The molecule has 2 rings (SSSR count). The molecule has 0 aromatic heterocycles. The van der Waals surface area contributed by atoms with E-state index < -0.39 is 0 Å². The maximum atomic E-state index is 3.66. The minimum absolute atomic E-state index is 0.370. The molecule has 0 amide bonds. The van der Waals surface area contributed by atoms with Crippen LogP contribution in [-0.2, 0) is 12.8 Å². The molecule has 20 heavy (non-hydrogen) atoms. The van der Waals surface area contributed by atoms with Gasteiger partial charge in [0.1, 0.15) is 0 Å². The molecule has 0 bridgehead atoms. The molecule has 0 spiro atoms. The summed E-state index contributed by atoms with van der Waals surface area (Å²) in [5.41, 5.74) is 4.21. The number of benzene rings is 2. The van der Waals surface area contributed by atoms with Gasteiger partial charge in [-0.15, -0.1) is 0 Å². The maximum Gasteiger partial charge on any atom is 0.0363 e. The summed E-state index contributed by atoms with van der Waals surface area (Å²) in [6, 6.07) is 17.6. The van der Waals surface area contributed by atoms with Crippen molar-refractivity contribution in [3.05, 3.63) is 69.7 Å². The molecule has 2 aromatic rings. The fourth-order valence-electron chi connectivity index (χ4n) is 2.62. The third kappa shape index (κ3) is 3.71. The van der Waals surface area contributed by atoms with Gasteiger partial charge in [0, 0.05) is 10.5 Å². The molecule has 0 fully saturated rings. The van der Waals surface area contributed by atoms with Gasteiger partial charge in [0.25, 0.3) is 0 Å². The normalized spacial score (nSPS) is 12.3. The molecule has 0 saturated heterocycles. The van der Waals surface area contributed by atoms with Gasteiger partial charge < -0.3 is 5.32 Å². The van der Waals surface area contributed by atoms with Gasteiger partial charge in [0.2, 0.25) is 0 Å². The first-order chi connectivity index (χ1) is 9.76. The Kier molecular flexibility index (Phi) is 5.81. The predicted molar refractivity (Wildman–Crippen MR) is 90.1 cm³/mol. The van der Waals surface area contributed by atoms with Gasteiger partial charge in [-0.1, -0.05) is 72.2 Å². The van der Waals surface area contributed by atoms with Crippen LogP contribution in [0.2, 0.25) is 0 Å². The van der Waals surface area contributed by atoms with Gasteiger partial charge >= 0.3 is 0 Å². The van der Waals surface area contributed by atoms with Crippen LogP contribution in [0.5, 0.6) is 0 Å². The van der Waals surface area contributed by atoms with Gasteiger partial charge in [-0.3, -0.25) is 0 Å². The summed E-state index contributed by atoms with van der Waals surface area (Å²) in [4.78, 5) is 0. The molecule has 0 heterocycles. The Labute approximate surface area is 130 Å². The van der Waals surface area contributed by atoms with Crippen LogP contribution in [-0.4, -0.2) is 6.54 Å². The molecule has 1 N–H and O–H groups in total. The fourth-order valence-corrected chi connectivity index (χ4v) is 3.07. The van der Waals surface area contributed by atoms with Crippen LogP contribution in [0.1, 0.15) is 36.6 Å². The second-order valence-electron chi connectivity index (χ2n) is 4.96.